The summed E-state index contributed by atoms with van der Waals surface area (Å²) in [4.78, 5) is 10.0. The maximum Gasteiger partial charge on any atom is 0.160 e. The van der Waals surface area contributed by atoms with Gasteiger partial charge in [0.05, 0.1) is 16.8 Å². The third-order valence-corrected chi connectivity index (χ3v) is 11.4. The fourth-order valence-corrected chi connectivity index (χ4v) is 8.89. The van der Waals surface area contributed by atoms with E-state index >= 15 is 0 Å². The quantitative estimate of drug-likeness (QED) is 0.172. The van der Waals surface area contributed by atoms with Crippen LogP contribution in [-0.2, 0) is 5.41 Å². The van der Waals surface area contributed by atoms with Crippen LogP contribution in [0.1, 0.15) is 22.3 Å². The number of hydrogen-bond donors (Lipinski definition) is 0. The molecule has 56 heavy (non-hydrogen) atoms. The number of furan rings is 1. The van der Waals surface area contributed by atoms with Crippen LogP contribution in [0.2, 0.25) is 0 Å². The van der Waals surface area contributed by atoms with Gasteiger partial charge in [0.25, 0.3) is 0 Å². The Morgan fingerprint density at radius 2 is 0.893 bits per heavy atom. The van der Waals surface area contributed by atoms with Gasteiger partial charge in [-0.15, -0.1) is 0 Å². The molecule has 0 N–H and O–H groups in total. The number of rotatable bonds is 6. The van der Waals surface area contributed by atoms with Gasteiger partial charge in [-0.2, -0.15) is 0 Å². The monoisotopic (exact) mass is 714 g/mol. The van der Waals surface area contributed by atoms with Crippen LogP contribution in [0.5, 0.6) is 0 Å². The maximum absolute atomic E-state index is 6.79. The summed E-state index contributed by atoms with van der Waals surface area (Å²) in [7, 11) is 0. The van der Waals surface area contributed by atoms with E-state index in [1.165, 1.54) is 33.4 Å². The number of hydrogen-bond acceptors (Lipinski definition) is 3. The van der Waals surface area contributed by atoms with Crippen LogP contribution in [0.3, 0.4) is 0 Å². The average Bonchev–Trinajstić information content (AvgIpc) is 3.80. The Morgan fingerprint density at radius 3 is 1.55 bits per heavy atom. The Hall–Kier alpha value is -7.36. The van der Waals surface area contributed by atoms with Crippen molar-refractivity contribution in [1.29, 1.82) is 0 Å². The molecule has 262 valence electrons. The van der Waals surface area contributed by atoms with Crippen LogP contribution < -0.4 is 0 Å². The van der Waals surface area contributed by atoms with Gasteiger partial charge in [0.15, 0.2) is 5.82 Å². The second-order valence-electron chi connectivity index (χ2n) is 14.5. The molecule has 0 fully saturated rings. The van der Waals surface area contributed by atoms with Crippen molar-refractivity contribution >= 4 is 21.9 Å². The summed E-state index contributed by atoms with van der Waals surface area (Å²) in [6.07, 6.45) is 0. The van der Waals surface area contributed by atoms with Crippen molar-refractivity contribution in [2.75, 3.05) is 0 Å². The van der Waals surface area contributed by atoms with Crippen LogP contribution in [-0.4, -0.2) is 9.97 Å². The molecule has 0 spiro atoms. The molecule has 0 atom stereocenters. The number of nitrogens with zero attached hydrogens (tertiary/aromatic N) is 2. The Bertz CT molecular complexity index is 2950. The van der Waals surface area contributed by atoms with Gasteiger partial charge in [0.2, 0.25) is 0 Å². The summed E-state index contributed by atoms with van der Waals surface area (Å²) in [6.45, 7) is 0. The molecule has 10 aromatic rings. The molecular formula is C53H34N2O. The van der Waals surface area contributed by atoms with Crippen LogP contribution in [0.25, 0.3) is 78.1 Å². The van der Waals surface area contributed by atoms with Gasteiger partial charge in [-0.25, -0.2) is 9.97 Å². The van der Waals surface area contributed by atoms with Gasteiger partial charge in [-0.1, -0.05) is 182 Å². The lowest BCUT2D eigenvalue weighted by Gasteiger charge is -2.33. The third-order valence-electron chi connectivity index (χ3n) is 11.4. The lowest BCUT2D eigenvalue weighted by molar-refractivity contribution is 0.666. The first-order valence-electron chi connectivity index (χ1n) is 19.1. The Balaban J connectivity index is 1.07. The molecule has 0 aliphatic heterocycles. The topological polar surface area (TPSA) is 38.9 Å². The summed E-state index contributed by atoms with van der Waals surface area (Å²) in [5, 5.41) is 2.23. The summed E-state index contributed by atoms with van der Waals surface area (Å²) >= 11 is 0. The molecule has 0 saturated carbocycles. The zero-order valence-corrected chi connectivity index (χ0v) is 30.4. The minimum atomic E-state index is -0.484. The maximum atomic E-state index is 6.79. The number of fused-ring (bicyclic) bond motifs is 6. The van der Waals surface area contributed by atoms with E-state index in [0.29, 0.717) is 5.82 Å². The predicted octanol–water partition coefficient (Wildman–Crippen LogP) is 13.4. The van der Waals surface area contributed by atoms with Gasteiger partial charge < -0.3 is 4.42 Å². The van der Waals surface area contributed by atoms with Gasteiger partial charge in [0, 0.05) is 27.5 Å². The van der Waals surface area contributed by atoms with E-state index in [-0.39, 0.29) is 0 Å². The zero-order chi connectivity index (χ0) is 37.1. The van der Waals surface area contributed by atoms with Crippen molar-refractivity contribution in [3.63, 3.8) is 0 Å². The first kappa shape index (κ1) is 32.1. The first-order valence-corrected chi connectivity index (χ1v) is 19.1. The molecule has 0 bridgehead atoms. The molecule has 11 rings (SSSR count). The second kappa shape index (κ2) is 12.9. The van der Waals surface area contributed by atoms with Crippen LogP contribution in [0.4, 0.5) is 0 Å². The van der Waals surface area contributed by atoms with E-state index in [4.69, 9.17) is 14.4 Å². The summed E-state index contributed by atoms with van der Waals surface area (Å²) in [6, 6.07) is 73.1. The van der Waals surface area contributed by atoms with E-state index < -0.39 is 5.41 Å². The van der Waals surface area contributed by atoms with Crippen molar-refractivity contribution < 1.29 is 4.42 Å². The highest BCUT2D eigenvalue weighted by Gasteiger charge is 2.46. The van der Waals surface area contributed by atoms with Crippen LogP contribution in [0, 0.1) is 0 Å². The van der Waals surface area contributed by atoms with E-state index in [1.807, 2.05) is 36.4 Å². The molecule has 1 aliphatic carbocycles. The normalized spacial score (nSPS) is 12.8. The van der Waals surface area contributed by atoms with Crippen molar-refractivity contribution in [2.24, 2.45) is 0 Å². The molecule has 8 aromatic carbocycles. The Labute approximate surface area is 325 Å². The van der Waals surface area contributed by atoms with E-state index in [9.17, 15) is 0 Å². The molecule has 2 heterocycles. The second-order valence-corrected chi connectivity index (χ2v) is 14.5. The summed E-state index contributed by atoms with van der Waals surface area (Å²) < 4.78 is 6.79. The molecule has 3 heteroatoms. The number of aromatic nitrogens is 2. The van der Waals surface area contributed by atoms with E-state index in [0.717, 1.165) is 61.1 Å². The van der Waals surface area contributed by atoms with E-state index in [1.54, 1.807) is 0 Å². The molecule has 2 aromatic heterocycles. The molecule has 0 radical (unpaired) electrons. The van der Waals surface area contributed by atoms with Crippen LogP contribution in [0.15, 0.2) is 211 Å². The standard InChI is InChI=1S/C53H34N2O/c1-5-16-36(17-6-1)47-34-48(55-52(54-47)38-18-7-2-8-19-38)37-30-28-35(29-31-37)41-25-15-27-49-51(41)44-32-43-42-24-13-14-26-45(42)53(39-20-9-3-10-21-39,40-22-11-4-12-23-40)46(43)33-50(44)56-49/h1-34H. The highest BCUT2D eigenvalue weighted by molar-refractivity contribution is 6.14. The van der Waals surface area contributed by atoms with Crippen molar-refractivity contribution in [1.82, 2.24) is 9.97 Å². The molecule has 0 amide bonds. The summed E-state index contributed by atoms with van der Waals surface area (Å²) in [5.74, 6) is 0.707. The predicted molar refractivity (Wildman–Crippen MR) is 228 cm³/mol. The molecule has 0 unspecified atom stereocenters. The largest absolute Gasteiger partial charge is 0.456 e. The van der Waals surface area contributed by atoms with Crippen molar-refractivity contribution in [2.45, 2.75) is 5.41 Å². The zero-order valence-electron chi connectivity index (χ0n) is 30.4. The molecule has 1 aliphatic rings. The third kappa shape index (κ3) is 4.98. The van der Waals surface area contributed by atoms with E-state index in [2.05, 4.69) is 170 Å². The Morgan fingerprint density at radius 1 is 0.357 bits per heavy atom. The minimum absolute atomic E-state index is 0.484. The SMILES string of the molecule is c1ccc(-c2cc(-c3ccc(-c4cccc5oc6cc7c(cc6c45)-c4ccccc4C7(c4ccccc4)c4ccccc4)cc3)nc(-c3ccccc3)n2)cc1. The molecule has 3 nitrogen and oxygen atoms in total. The number of benzene rings is 8. The van der Waals surface area contributed by atoms with Crippen molar-refractivity contribution in [3.05, 3.63) is 229 Å². The lowest BCUT2D eigenvalue weighted by atomic mass is 9.67. The van der Waals surface area contributed by atoms with Gasteiger partial charge in [0.1, 0.15) is 11.2 Å². The van der Waals surface area contributed by atoms with Gasteiger partial charge in [-0.3, -0.25) is 0 Å². The van der Waals surface area contributed by atoms with Gasteiger partial charge in [-0.05, 0) is 68.8 Å². The molecular weight excluding hydrogens is 681 g/mol. The first-order chi connectivity index (χ1) is 27.8. The minimum Gasteiger partial charge on any atom is -0.456 e. The fraction of sp³-hybridized carbons (Fsp3) is 0.0189. The highest BCUT2D eigenvalue weighted by Crippen LogP contribution is 2.57. The van der Waals surface area contributed by atoms with Crippen LogP contribution >= 0.6 is 0 Å². The fourth-order valence-electron chi connectivity index (χ4n) is 8.89. The summed E-state index contributed by atoms with van der Waals surface area (Å²) in [5.41, 5.74) is 15.9. The highest BCUT2D eigenvalue weighted by atomic mass is 16.3. The molecule has 0 saturated heterocycles. The van der Waals surface area contributed by atoms with Crippen molar-refractivity contribution in [3.8, 4) is 56.2 Å². The Kier molecular flexibility index (Phi) is 7.39. The smallest absolute Gasteiger partial charge is 0.160 e. The average molecular weight is 715 g/mol. The van der Waals surface area contributed by atoms with Gasteiger partial charge >= 0.3 is 0 Å². The lowest BCUT2D eigenvalue weighted by Crippen LogP contribution is -2.28.